The highest BCUT2D eigenvalue weighted by Gasteiger charge is 2.25. The summed E-state index contributed by atoms with van der Waals surface area (Å²) in [6, 6.07) is 9.55. The van der Waals surface area contributed by atoms with Crippen LogP contribution in [0.2, 0.25) is 0 Å². The number of rotatable bonds is 16. The summed E-state index contributed by atoms with van der Waals surface area (Å²) in [5.74, 6) is -2.50. The Labute approximate surface area is 229 Å². The van der Waals surface area contributed by atoms with Crippen LogP contribution in [-0.4, -0.2) is 31.0 Å². The van der Waals surface area contributed by atoms with Crippen molar-refractivity contribution < 1.29 is 42.9 Å². The van der Waals surface area contributed by atoms with Crippen molar-refractivity contribution in [1.82, 2.24) is 0 Å². The van der Waals surface area contributed by atoms with E-state index >= 15 is 0 Å². The normalized spacial score (nSPS) is 10.5. The van der Waals surface area contributed by atoms with E-state index in [2.05, 4.69) is 0 Å². The molecule has 212 valence electrons. The van der Waals surface area contributed by atoms with Gasteiger partial charge in [0.15, 0.2) is 11.5 Å². The largest absolute Gasteiger partial charge is 0.497 e. The molecule has 0 atom stereocenters. The van der Waals surface area contributed by atoms with Crippen LogP contribution < -0.4 is 18.9 Å². The standard InChI is InChI=1S/C30H38O9/c1-5-8-14-26(31)37-24-18-22(30(34)36-20-21-12-11-13-23(17-21)35-4)19-25(38-27(32)15-9-6-2)29(24)39-28(33)16-10-7-3/h11-13,17-19H,5-10,14-16,20H2,1-4H3. The van der Waals surface area contributed by atoms with Crippen molar-refractivity contribution in [2.24, 2.45) is 0 Å². The number of carbonyl (C=O) groups excluding carboxylic acids is 4. The number of benzene rings is 2. The van der Waals surface area contributed by atoms with Gasteiger partial charge in [0, 0.05) is 19.3 Å². The van der Waals surface area contributed by atoms with Gasteiger partial charge in [-0.3, -0.25) is 14.4 Å². The second-order valence-electron chi connectivity index (χ2n) is 8.96. The lowest BCUT2D eigenvalue weighted by Gasteiger charge is -2.16. The van der Waals surface area contributed by atoms with E-state index in [4.69, 9.17) is 23.7 Å². The second-order valence-corrected chi connectivity index (χ2v) is 8.96. The Balaban J connectivity index is 2.44. The number of esters is 4. The first-order valence-electron chi connectivity index (χ1n) is 13.4. The van der Waals surface area contributed by atoms with E-state index in [9.17, 15) is 19.2 Å². The highest BCUT2D eigenvalue weighted by atomic mass is 16.6. The zero-order valence-corrected chi connectivity index (χ0v) is 23.2. The molecule has 0 heterocycles. The molecule has 0 amide bonds. The number of hydrogen-bond donors (Lipinski definition) is 0. The molecule has 2 aromatic rings. The van der Waals surface area contributed by atoms with Gasteiger partial charge in [-0.1, -0.05) is 52.2 Å². The van der Waals surface area contributed by atoms with E-state index < -0.39 is 23.9 Å². The number of ether oxygens (including phenoxy) is 5. The summed E-state index contributed by atoms with van der Waals surface area (Å²) in [6.45, 7) is 5.74. The quantitative estimate of drug-likeness (QED) is 0.177. The van der Waals surface area contributed by atoms with Crippen molar-refractivity contribution in [2.75, 3.05) is 7.11 Å². The molecule has 0 saturated carbocycles. The van der Waals surface area contributed by atoms with E-state index in [0.717, 1.165) is 19.3 Å². The molecular formula is C30H38O9. The van der Waals surface area contributed by atoms with Gasteiger partial charge in [-0.05, 0) is 49.1 Å². The maximum Gasteiger partial charge on any atom is 0.338 e. The summed E-state index contributed by atoms with van der Waals surface area (Å²) in [6.07, 6.45) is 4.43. The maximum atomic E-state index is 13.0. The first kappa shape index (κ1) is 31.3. The molecule has 0 aliphatic carbocycles. The summed E-state index contributed by atoms with van der Waals surface area (Å²) >= 11 is 0. The Kier molecular flexibility index (Phi) is 13.5. The van der Waals surface area contributed by atoms with Crippen LogP contribution in [0.4, 0.5) is 0 Å². The lowest BCUT2D eigenvalue weighted by molar-refractivity contribution is -0.138. The third-order valence-corrected chi connectivity index (χ3v) is 5.63. The molecule has 39 heavy (non-hydrogen) atoms. The van der Waals surface area contributed by atoms with Crippen molar-refractivity contribution in [3.8, 4) is 23.0 Å². The molecule has 0 unspecified atom stereocenters. The molecule has 9 nitrogen and oxygen atoms in total. The first-order chi connectivity index (χ1) is 18.8. The lowest BCUT2D eigenvalue weighted by Crippen LogP contribution is -2.16. The topological polar surface area (TPSA) is 114 Å². The van der Waals surface area contributed by atoms with Gasteiger partial charge in [-0.25, -0.2) is 4.79 Å². The van der Waals surface area contributed by atoms with Crippen molar-refractivity contribution in [3.05, 3.63) is 47.5 Å². The van der Waals surface area contributed by atoms with Crippen molar-refractivity contribution in [1.29, 1.82) is 0 Å². The van der Waals surface area contributed by atoms with Crippen LogP contribution >= 0.6 is 0 Å². The van der Waals surface area contributed by atoms with Gasteiger partial charge in [0.05, 0.1) is 12.7 Å². The number of hydrogen-bond acceptors (Lipinski definition) is 9. The summed E-state index contributed by atoms with van der Waals surface area (Å²) in [5.41, 5.74) is 0.657. The fraction of sp³-hybridized carbons (Fsp3) is 0.467. The highest BCUT2D eigenvalue weighted by molar-refractivity contribution is 5.92. The average molecular weight is 543 g/mol. The van der Waals surface area contributed by atoms with Crippen LogP contribution in [0, 0.1) is 0 Å². The fourth-order valence-corrected chi connectivity index (χ4v) is 3.42. The Morgan fingerprint density at radius 3 is 1.69 bits per heavy atom. The fourth-order valence-electron chi connectivity index (χ4n) is 3.42. The molecule has 9 heteroatoms. The molecule has 0 aliphatic heterocycles. The third-order valence-electron chi connectivity index (χ3n) is 5.63. The molecule has 0 radical (unpaired) electrons. The number of carbonyl (C=O) groups is 4. The zero-order valence-electron chi connectivity index (χ0n) is 23.2. The molecule has 0 spiro atoms. The van der Waals surface area contributed by atoms with Crippen LogP contribution in [-0.2, 0) is 25.7 Å². The van der Waals surface area contributed by atoms with E-state index in [1.54, 1.807) is 24.3 Å². The van der Waals surface area contributed by atoms with Crippen LogP contribution in [0.25, 0.3) is 0 Å². The molecule has 0 aliphatic rings. The monoisotopic (exact) mass is 542 g/mol. The van der Waals surface area contributed by atoms with Gasteiger partial charge in [-0.2, -0.15) is 0 Å². The van der Waals surface area contributed by atoms with Crippen LogP contribution in [0.1, 0.15) is 94.5 Å². The Morgan fingerprint density at radius 1 is 0.692 bits per heavy atom. The molecule has 0 N–H and O–H groups in total. The van der Waals surface area contributed by atoms with Gasteiger partial charge < -0.3 is 23.7 Å². The van der Waals surface area contributed by atoms with Gasteiger partial charge in [0.25, 0.3) is 0 Å². The van der Waals surface area contributed by atoms with E-state index in [1.165, 1.54) is 19.2 Å². The maximum absolute atomic E-state index is 13.0. The van der Waals surface area contributed by atoms with Crippen LogP contribution in [0.5, 0.6) is 23.0 Å². The molecular weight excluding hydrogens is 504 g/mol. The Morgan fingerprint density at radius 2 is 1.21 bits per heavy atom. The first-order valence-corrected chi connectivity index (χ1v) is 13.4. The third kappa shape index (κ3) is 10.8. The van der Waals surface area contributed by atoms with Crippen LogP contribution in [0.15, 0.2) is 36.4 Å². The second kappa shape index (κ2) is 16.9. The SMILES string of the molecule is CCCCC(=O)Oc1cc(C(=O)OCc2cccc(OC)c2)cc(OC(=O)CCCC)c1OC(=O)CCCC. The summed E-state index contributed by atoms with van der Waals surface area (Å²) in [7, 11) is 1.54. The Bertz CT molecular complexity index is 1080. The Hall–Kier alpha value is -3.88. The van der Waals surface area contributed by atoms with E-state index in [1.807, 2.05) is 20.8 Å². The summed E-state index contributed by atoms with van der Waals surface area (Å²) in [5, 5.41) is 0. The van der Waals surface area contributed by atoms with Crippen molar-refractivity contribution >= 4 is 23.9 Å². The molecule has 2 rings (SSSR count). The minimum absolute atomic E-state index is 0.0390. The van der Waals surface area contributed by atoms with Crippen molar-refractivity contribution in [2.45, 2.75) is 85.2 Å². The molecule has 0 bridgehead atoms. The van der Waals surface area contributed by atoms with E-state index in [0.29, 0.717) is 30.6 Å². The van der Waals surface area contributed by atoms with Crippen LogP contribution in [0.3, 0.4) is 0 Å². The van der Waals surface area contributed by atoms with Gasteiger partial charge >= 0.3 is 23.9 Å². The smallest absolute Gasteiger partial charge is 0.338 e. The van der Waals surface area contributed by atoms with Gasteiger partial charge in [0.2, 0.25) is 5.75 Å². The predicted octanol–water partition coefficient (Wildman–Crippen LogP) is 6.34. The molecule has 0 fully saturated rings. The molecule has 0 aromatic heterocycles. The van der Waals surface area contributed by atoms with Gasteiger partial charge in [-0.15, -0.1) is 0 Å². The zero-order chi connectivity index (χ0) is 28.6. The van der Waals surface area contributed by atoms with E-state index in [-0.39, 0.29) is 48.7 Å². The lowest BCUT2D eigenvalue weighted by atomic mass is 10.1. The molecule has 0 saturated heterocycles. The highest BCUT2D eigenvalue weighted by Crippen LogP contribution is 2.40. The molecule has 2 aromatic carbocycles. The summed E-state index contributed by atoms with van der Waals surface area (Å²) < 4.78 is 27.2. The number of unbranched alkanes of at least 4 members (excludes halogenated alkanes) is 3. The van der Waals surface area contributed by atoms with Gasteiger partial charge in [0.1, 0.15) is 12.4 Å². The minimum Gasteiger partial charge on any atom is -0.497 e. The predicted molar refractivity (Wildman–Crippen MR) is 144 cm³/mol. The minimum atomic E-state index is -0.751. The van der Waals surface area contributed by atoms with Crippen molar-refractivity contribution in [3.63, 3.8) is 0 Å². The summed E-state index contributed by atoms with van der Waals surface area (Å²) in [4.78, 5) is 50.6. The number of methoxy groups -OCH3 is 1. The average Bonchev–Trinajstić information content (AvgIpc) is 2.94.